The second-order valence-electron chi connectivity index (χ2n) is 4.58. The summed E-state index contributed by atoms with van der Waals surface area (Å²) in [7, 11) is 1.69. The number of pyridine rings is 1. The zero-order valence-corrected chi connectivity index (χ0v) is 12.1. The van der Waals surface area contributed by atoms with Gasteiger partial charge in [0, 0.05) is 31.1 Å². The number of halogens is 2. The van der Waals surface area contributed by atoms with Crippen LogP contribution in [-0.4, -0.2) is 29.3 Å². The fraction of sp³-hybridized carbons (Fsp3) is 0.0667. The van der Waals surface area contributed by atoms with Crippen molar-refractivity contribution in [1.82, 2.24) is 10.3 Å². The van der Waals surface area contributed by atoms with E-state index < -0.39 is 11.6 Å². The van der Waals surface area contributed by atoms with Crippen molar-refractivity contribution in [2.24, 2.45) is 15.3 Å². The Kier molecular flexibility index (Phi) is 4.05. The van der Waals surface area contributed by atoms with Crippen molar-refractivity contribution in [3.05, 3.63) is 59.9 Å². The first kappa shape index (κ1) is 14.8. The average molecular weight is 314 g/mol. The molecule has 0 aliphatic carbocycles. The van der Waals surface area contributed by atoms with Crippen molar-refractivity contribution in [3.8, 4) is 0 Å². The molecule has 1 aromatic heterocycles. The summed E-state index contributed by atoms with van der Waals surface area (Å²) in [6.45, 7) is 0. The van der Waals surface area contributed by atoms with E-state index in [9.17, 15) is 8.78 Å². The van der Waals surface area contributed by atoms with Crippen LogP contribution in [0.25, 0.3) is 0 Å². The molecule has 0 unspecified atom stereocenters. The molecule has 2 N–H and O–H groups in total. The number of hydrogen-bond donors (Lipinski definition) is 2. The van der Waals surface area contributed by atoms with E-state index in [4.69, 9.17) is 0 Å². The zero-order valence-electron chi connectivity index (χ0n) is 12.1. The largest absolute Gasteiger partial charge is 0.370 e. The third-order valence-corrected chi connectivity index (χ3v) is 3.11. The molecule has 3 rings (SSSR count). The Hall–Kier alpha value is -3.16. The average Bonchev–Trinajstić information content (AvgIpc) is 2.99. The Balaban J connectivity index is 1.89. The fourth-order valence-electron chi connectivity index (χ4n) is 1.97. The molecule has 8 heteroatoms. The van der Waals surface area contributed by atoms with Crippen molar-refractivity contribution in [2.45, 2.75) is 0 Å². The predicted molar refractivity (Wildman–Crippen MR) is 84.7 cm³/mol. The lowest BCUT2D eigenvalue weighted by Gasteiger charge is -2.07. The number of hydrogen-bond acceptors (Lipinski definition) is 6. The van der Waals surface area contributed by atoms with Crippen LogP contribution >= 0.6 is 0 Å². The molecule has 0 atom stereocenters. The van der Waals surface area contributed by atoms with Crippen LogP contribution < -0.4 is 10.7 Å². The second-order valence-corrected chi connectivity index (χ2v) is 4.58. The van der Waals surface area contributed by atoms with Gasteiger partial charge in [-0.05, 0) is 24.3 Å². The summed E-state index contributed by atoms with van der Waals surface area (Å²) < 4.78 is 26.2. The van der Waals surface area contributed by atoms with Crippen LogP contribution in [0.3, 0.4) is 0 Å². The molecule has 1 aromatic carbocycles. The van der Waals surface area contributed by atoms with Crippen LogP contribution in [0.15, 0.2) is 58.0 Å². The van der Waals surface area contributed by atoms with Crippen LogP contribution in [0, 0.1) is 11.6 Å². The molecule has 116 valence electrons. The van der Waals surface area contributed by atoms with E-state index in [0.717, 1.165) is 17.7 Å². The highest BCUT2D eigenvalue weighted by molar-refractivity contribution is 6.72. The summed E-state index contributed by atoms with van der Waals surface area (Å²) in [4.78, 5) is 3.95. The van der Waals surface area contributed by atoms with Gasteiger partial charge in [-0.3, -0.25) is 10.4 Å². The summed E-state index contributed by atoms with van der Waals surface area (Å²) >= 11 is 0. The Bertz CT molecular complexity index is 814. The lowest BCUT2D eigenvalue weighted by Crippen LogP contribution is -2.31. The third-order valence-electron chi connectivity index (χ3n) is 3.11. The number of nitrogens with one attached hydrogen (secondary N) is 2. The highest BCUT2D eigenvalue weighted by atomic mass is 19.2. The molecule has 0 spiro atoms. The summed E-state index contributed by atoms with van der Waals surface area (Å²) in [5.74, 6) is -1.40. The number of aromatic nitrogens is 1. The molecule has 6 nitrogen and oxygen atoms in total. The van der Waals surface area contributed by atoms with Gasteiger partial charge in [0.15, 0.2) is 23.2 Å². The molecule has 2 aromatic rings. The minimum atomic E-state index is -0.952. The molecule has 0 fully saturated rings. The van der Waals surface area contributed by atoms with Crippen LogP contribution in [-0.2, 0) is 0 Å². The normalized spacial score (nSPS) is 15.3. The predicted octanol–water partition coefficient (Wildman–Crippen LogP) is 2.16. The zero-order chi connectivity index (χ0) is 16.2. The first-order valence-electron chi connectivity index (χ1n) is 6.72. The molecule has 23 heavy (non-hydrogen) atoms. The summed E-state index contributed by atoms with van der Waals surface area (Å²) in [6, 6.07) is 6.99. The molecular weight excluding hydrogens is 302 g/mol. The van der Waals surface area contributed by atoms with Crippen molar-refractivity contribution in [3.63, 3.8) is 0 Å². The highest BCUT2D eigenvalue weighted by Crippen LogP contribution is 2.14. The monoisotopic (exact) mass is 314 g/mol. The van der Waals surface area contributed by atoms with Crippen LogP contribution in [0.4, 0.5) is 14.5 Å². The number of nitrogens with zero attached hydrogens (tertiary/aromatic N) is 4. The van der Waals surface area contributed by atoms with Gasteiger partial charge in [0.2, 0.25) is 0 Å². The van der Waals surface area contributed by atoms with E-state index in [1.165, 1.54) is 6.07 Å². The van der Waals surface area contributed by atoms with E-state index in [-0.39, 0.29) is 0 Å². The van der Waals surface area contributed by atoms with Gasteiger partial charge >= 0.3 is 0 Å². The summed E-state index contributed by atoms with van der Waals surface area (Å²) in [5.41, 5.74) is 4.80. The van der Waals surface area contributed by atoms with Crippen LogP contribution in [0.2, 0.25) is 0 Å². The second kappa shape index (κ2) is 6.30. The number of anilines is 1. The van der Waals surface area contributed by atoms with Crippen molar-refractivity contribution < 1.29 is 8.78 Å². The van der Waals surface area contributed by atoms with Crippen LogP contribution in [0.1, 0.15) is 5.56 Å². The smallest absolute Gasteiger partial charge is 0.178 e. The number of hydrazone groups is 1. The minimum Gasteiger partial charge on any atom is -0.370 e. The van der Waals surface area contributed by atoms with Crippen molar-refractivity contribution >= 4 is 22.9 Å². The maximum atomic E-state index is 13.2. The Labute approximate surface area is 130 Å². The quantitative estimate of drug-likeness (QED) is 0.853. The van der Waals surface area contributed by atoms with Gasteiger partial charge in [-0.15, -0.1) is 10.2 Å². The van der Waals surface area contributed by atoms with E-state index in [2.05, 4.69) is 31.0 Å². The van der Waals surface area contributed by atoms with Crippen molar-refractivity contribution in [2.75, 3.05) is 12.5 Å². The van der Waals surface area contributed by atoms with Gasteiger partial charge < -0.3 is 5.32 Å². The number of benzene rings is 1. The molecule has 0 saturated carbocycles. The summed E-state index contributed by atoms with van der Waals surface area (Å²) in [6.07, 6.45) is 3.27. The molecule has 0 bridgehead atoms. The Morgan fingerprint density at radius 2 is 1.78 bits per heavy atom. The highest BCUT2D eigenvalue weighted by Gasteiger charge is 2.23. The minimum absolute atomic E-state index is 0.313. The van der Waals surface area contributed by atoms with E-state index in [1.54, 1.807) is 31.6 Å². The first-order valence-corrected chi connectivity index (χ1v) is 6.72. The first-order chi connectivity index (χ1) is 11.2. The summed E-state index contributed by atoms with van der Waals surface area (Å²) in [5, 5.41) is 15.2. The lowest BCUT2D eigenvalue weighted by atomic mass is 10.1. The number of amidine groups is 1. The molecule has 0 radical (unpaired) electrons. The standard InChI is InChI=1S/C15H12F2N6/c1-18-15-14(13(21-23-15)9-4-6-19-7-5-9)22-20-10-2-3-11(16)12(17)8-10/h2-8,20H,1H3,(H,18,22,23). The maximum Gasteiger partial charge on any atom is 0.178 e. The van der Waals surface area contributed by atoms with Gasteiger partial charge in [-0.25, -0.2) is 8.78 Å². The van der Waals surface area contributed by atoms with Gasteiger partial charge in [-0.2, -0.15) is 5.10 Å². The van der Waals surface area contributed by atoms with E-state index in [1.807, 2.05) is 0 Å². The lowest BCUT2D eigenvalue weighted by molar-refractivity contribution is 0.509. The Morgan fingerprint density at radius 1 is 1.00 bits per heavy atom. The van der Waals surface area contributed by atoms with E-state index in [0.29, 0.717) is 22.9 Å². The van der Waals surface area contributed by atoms with Gasteiger partial charge in [0.05, 0.1) is 5.69 Å². The molecule has 1 aliphatic heterocycles. The van der Waals surface area contributed by atoms with E-state index >= 15 is 0 Å². The van der Waals surface area contributed by atoms with Crippen molar-refractivity contribution in [1.29, 1.82) is 0 Å². The van der Waals surface area contributed by atoms with Gasteiger partial charge in [-0.1, -0.05) is 0 Å². The van der Waals surface area contributed by atoms with Gasteiger partial charge in [0.1, 0.15) is 5.71 Å². The SMILES string of the molecule is CNC1=NN=C(c2ccncc2)C1=NNc1ccc(F)c(F)c1. The molecular formula is C15H12F2N6. The van der Waals surface area contributed by atoms with Crippen LogP contribution in [0.5, 0.6) is 0 Å². The number of rotatable bonds is 3. The fourth-order valence-corrected chi connectivity index (χ4v) is 1.97. The molecule has 1 aliphatic rings. The van der Waals surface area contributed by atoms with Gasteiger partial charge in [0.25, 0.3) is 0 Å². The molecule has 2 heterocycles. The molecule has 0 saturated heterocycles. The molecule has 0 amide bonds. The Morgan fingerprint density at radius 3 is 2.48 bits per heavy atom. The maximum absolute atomic E-state index is 13.2. The third kappa shape index (κ3) is 3.05. The topological polar surface area (TPSA) is 74.0 Å².